The predicted octanol–water partition coefficient (Wildman–Crippen LogP) is 5.46. The molecule has 4 heteroatoms. The second-order valence-corrected chi connectivity index (χ2v) is 6.28. The van der Waals surface area contributed by atoms with Crippen LogP contribution in [0.25, 0.3) is 0 Å². The molecule has 0 aliphatic carbocycles. The lowest BCUT2D eigenvalue weighted by Crippen LogP contribution is -1.96. The van der Waals surface area contributed by atoms with Crippen LogP contribution in [0.5, 0.6) is 0 Å². The normalized spacial score (nSPS) is 15.3. The van der Waals surface area contributed by atoms with Gasteiger partial charge in [0.25, 0.3) is 0 Å². The number of ether oxygens (including phenoxy) is 1. The molecule has 1 unspecified atom stereocenters. The molecule has 2 aromatic rings. The molecular weight excluding hydrogens is 347 g/mol. The maximum Gasteiger partial charge on any atom is 0.0846 e. The molecule has 19 heavy (non-hydrogen) atoms. The molecule has 0 aromatic heterocycles. The Morgan fingerprint density at radius 3 is 2.68 bits per heavy atom. The van der Waals surface area contributed by atoms with Gasteiger partial charge in [-0.05, 0) is 40.5 Å². The molecule has 1 atom stereocenters. The van der Waals surface area contributed by atoms with Crippen LogP contribution in [0.4, 0.5) is 0 Å². The Labute approximate surface area is 130 Å². The van der Waals surface area contributed by atoms with Gasteiger partial charge < -0.3 is 4.74 Å². The van der Waals surface area contributed by atoms with Crippen LogP contribution in [-0.4, -0.2) is 0 Å². The molecule has 0 amide bonds. The summed E-state index contributed by atoms with van der Waals surface area (Å²) in [4.78, 5) is 0. The quantitative estimate of drug-likeness (QED) is 0.648. The summed E-state index contributed by atoms with van der Waals surface area (Å²) in [6.07, 6.45) is 0. The summed E-state index contributed by atoms with van der Waals surface area (Å²) in [5.41, 5.74) is 4.51. The second kappa shape index (κ2) is 5.45. The van der Waals surface area contributed by atoms with Gasteiger partial charge in [-0.3, -0.25) is 0 Å². The largest absolute Gasteiger partial charge is 0.372 e. The lowest BCUT2D eigenvalue weighted by atomic mass is 10.00. The molecule has 98 valence electrons. The van der Waals surface area contributed by atoms with E-state index in [4.69, 9.17) is 27.9 Å². The van der Waals surface area contributed by atoms with Crippen molar-refractivity contribution < 1.29 is 4.74 Å². The molecular formula is C15H11BrCl2O. The fraction of sp³-hybridized carbons (Fsp3) is 0.200. The standard InChI is InChI=1S/C15H11BrCl2O/c16-14-4-3-12(17)6-13(14)15(18)9-1-2-10-7-19-8-11(10)5-9/h1-6,15H,7-8H2. The first-order valence-electron chi connectivity index (χ1n) is 5.93. The van der Waals surface area contributed by atoms with E-state index in [0.29, 0.717) is 18.2 Å². The molecule has 1 aliphatic heterocycles. The molecule has 0 fully saturated rings. The van der Waals surface area contributed by atoms with Gasteiger partial charge in [-0.25, -0.2) is 0 Å². The Bertz CT molecular complexity index is 628. The van der Waals surface area contributed by atoms with Crippen LogP contribution in [0.2, 0.25) is 5.02 Å². The Morgan fingerprint density at radius 1 is 1.05 bits per heavy atom. The Morgan fingerprint density at radius 2 is 1.84 bits per heavy atom. The van der Waals surface area contributed by atoms with E-state index >= 15 is 0 Å². The average Bonchev–Trinajstić information content (AvgIpc) is 2.88. The minimum Gasteiger partial charge on any atom is -0.372 e. The number of alkyl halides is 1. The van der Waals surface area contributed by atoms with Crippen molar-refractivity contribution in [2.24, 2.45) is 0 Å². The van der Waals surface area contributed by atoms with E-state index in [-0.39, 0.29) is 5.38 Å². The van der Waals surface area contributed by atoms with E-state index in [1.807, 2.05) is 18.2 Å². The third kappa shape index (κ3) is 2.68. The maximum absolute atomic E-state index is 6.58. The van der Waals surface area contributed by atoms with E-state index in [9.17, 15) is 0 Å². The van der Waals surface area contributed by atoms with Gasteiger partial charge in [-0.2, -0.15) is 0 Å². The Balaban J connectivity index is 1.99. The zero-order valence-corrected chi connectivity index (χ0v) is 13.1. The molecule has 0 N–H and O–H groups in total. The Hall–Kier alpha value is -0.540. The van der Waals surface area contributed by atoms with E-state index in [0.717, 1.165) is 15.6 Å². The van der Waals surface area contributed by atoms with Gasteiger partial charge >= 0.3 is 0 Å². The van der Waals surface area contributed by atoms with Crippen LogP contribution in [0.1, 0.15) is 27.6 Å². The van der Waals surface area contributed by atoms with Gasteiger partial charge in [0.05, 0.1) is 18.6 Å². The summed E-state index contributed by atoms with van der Waals surface area (Å²) in [6.45, 7) is 1.37. The lowest BCUT2D eigenvalue weighted by Gasteiger charge is -2.14. The molecule has 0 saturated carbocycles. The van der Waals surface area contributed by atoms with Crippen molar-refractivity contribution in [3.05, 3.63) is 68.1 Å². The maximum atomic E-state index is 6.58. The van der Waals surface area contributed by atoms with Crippen molar-refractivity contribution in [1.82, 2.24) is 0 Å². The van der Waals surface area contributed by atoms with Crippen molar-refractivity contribution in [3.8, 4) is 0 Å². The van der Waals surface area contributed by atoms with Crippen LogP contribution in [-0.2, 0) is 18.0 Å². The molecule has 0 bridgehead atoms. The molecule has 2 aromatic carbocycles. The summed E-state index contributed by atoms with van der Waals surface area (Å²) in [6, 6.07) is 11.9. The Kier molecular flexibility index (Phi) is 3.86. The number of hydrogen-bond acceptors (Lipinski definition) is 1. The average molecular weight is 358 g/mol. The molecule has 0 spiro atoms. The van der Waals surface area contributed by atoms with Crippen LogP contribution in [0.3, 0.4) is 0 Å². The third-order valence-electron chi connectivity index (χ3n) is 3.27. The third-order valence-corrected chi connectivity index (χ3v) is 4.71. The van der Waals surface area contributed by atoms with E-state index in [2.05, 4.69) is 34.1 Å². The summed E-state index contributed by atoms with van der Waals surface area (Å²) in [5.74, 6) is 0. The molecule has 0 saturated heterocycles. The number of benzene rings is 2. The predicted molar refractivity (Wildman–Crippen MR) is 81.8 cm³/mol. The zero-order chi connectivity index (χ0) is 13.4. The first-order valence-corrected chi connectivity index (χ1v) is 7.54. The van der Waals surface area contributed by atoms with Gasteiger partial charge in [-0.1, -0.05) is 45.7 Å². The number of halogens is 3. The molecule has 3 rings (SSSR count). The SMILES string of the molecule is Clc1ccc(Br)c(C(Cl)c2ccc3c(c2)COC3)c1. The minimum absolute atomic E-state index is 0.223. The summed E-state index contributed by atoms with van der Waals surface area (Å²) in [7, 11) is 0. The first-order chi connectivity index (χ1) is 9.15. The van der Waals surface area contributed by atoms with Gasteiger partial charge in [0.1, 0.15) is 0 Å². The van der Waals surface area contributed by atoms with Crippen molar-refractivity contribution in [3.63, 3.8) is 0 Å². The van der Waals surface area contributed by atoms with E-state index < -0.39 is 0 Å². The van der Waals surface area contributed by atoms with Gasteiger partial charge in [-0.15, -0.1) is 11.6 Å². The zero-order valence-electron chi connectivity index (χ0n) is 10.00. The van der Waals surface area contributed by atoms with Crippen molar-refractivity contribution in [1.29, 1.82) is 0 Å². The van der Waals surface area contributed by atoms with E-state index in [1.165, 1.54) is 11.1 Å². The molecule has 0 radical (unpaired) electrons. The van der Waals surface area contributed by atoms with Crippen LogP contribution in [0, 0.1) is 0 Å². The highest BCUT2D eigenvalue weighted by atomic mass is 79.9. The summed E-state index contributed by atoms with van der Waals surface area (Å²) >= 11 is 16.1. The number of rotatable bonds is 2. The fourth-order valence-electron chi connectivity index (χ4n) is 2.24. The fourth-order valence-corrected chi connectivity index (χ4v) is 3.34. The van der Waals surface area contributed by atoms with Crippen LogP contribution in [0.15, 0.2) is 40.9 Å². The number of fused-ring (bicyclic) bond motifs is 1. The van der Waals surface area contributed by atoms with Crippen molar-refractivity contribution >= 4 is 39.1 Å². The van der Waals surface area contributed by atoms with Gasteiger partial charge in [0.15, 0.2) is 0 Å². The van der Waals surface area contributed by atoms with Crippen molar-refractivity contribution in [2.45, 2.75) is 18.6 Å². The summed E-state index contributed by atoms with van der Waals surface area (Å²) in [5, 5.41) is 0.465. The highest BCUT2D eigenvalue weighted by molar-refractivity contribution is 9.10. The number of hydrogen-bond donors (Lipinski definition) is 0. The topological polar surface area (TPSA) is 9.23 Å². The first kappa shape index (κ1) is 13.4. The van der Waals surface area contributed by atoms with Crippen LogP contribution < -0.4 is 0 Å². The minimum atomic E-state index is -0.223. The molecule has 1 heterocycles. The smallest absolute Gasteiger partial charge is 0.0846 e. The highest BCUT2D eigenvalue weighted by Crippen LogP contribution is 2.36. The highest BCUT2D eigenvalue weighted by Gasteiger charge is 2.18. The van der Waals surface area contributed by atoms with E-state index in [1.54, 1.807) is 0 Å². The molecule has 1 aliphatic rings. The lowest BCUT2D eigenvalue weighted by molar-refractivity contribution is 0.134. The second-order valence-electron chi connectivity index (χ2n) is 4.55. The van der Waals surface area contributed by atoms with Crippen LogP contribution >= 0.6 is 39.1 Å². The molecule has 1 nitrogen and oxygen atoms in total. The van der Waals surface area contributed by atoms with Gasteiger partial charge in [0, 0.05) is 9.50 Å². The monoisotopic (exact) mass is 356 g/mol. The van der Waals surface area contributed by atoms with Gasteiger partial charge in [0.2, 0.25) is 0 Å². The summed E-state index contributed by atoms with van der Waals surface area (Å²) < 4.78 is 6.39. The van der Waals surface area contributed by atoms with Crippen molar-refractivity contribution in [2.75, 3.05) is 0 Å².